The number of aliphatic hydroxyl groups is 2. The first kappa shape index (κ1) is 43.8. The van der Waals surface area contributed by atoms with E-state index in [-0.39, 0.29) is 37.7 Å². The van der Waals surface area contributed by atoms with Gasteiger partial charge in [0.2, 0.25) is 5.91 Å². The minimum absolute atomic E-state index is 0.0460. The molecule has 0 unspecified atom stereocenters. The first-order valence-electron chi connectivity index (χ1n) is 17.6. The normalized spacial score (nSPS) is 19.2. The molecule has 3 atom stereocenters. The highest BCUT2D eigenvalue weighted by molar-refractivity contribution is 9.12. The van der Waals surface area contributed by atoms with E-state index in [1.165, 1.54) is 58.3 Å². The summed E-state index contributed by atoms with van der Waals surface area (Å²) < 4.78 is 19.3. The van der Waals surface area contributed by atoms with Gasteiger partial charge < -0.3 is 39.9 Å². The van der Waals surface area contributed by atoms with E-state index in [9.17, 15) is 19.8 Å². The van der Waals surface area contributed by atoms with Crippen LogP contribution in [-0.2, 0) is 23.9 Å². The number of carbonyl (C=O) groups excluding carboxylic acids is 2. The fourth-order valence-electron chi connectivity index (χ4n) is 5.64. The Morgan fingerprint density at radius 3 is 2.24 bits per heavy atom. The number of unbranched alkanes of at least 4 members (excludes halogenated alkanes) is 8. The topological polar surface area (TPSA) is 148 Å². The summed E-state index contributed by atoms with van der Waals surface area (Å²) in [7, 11) is 1.50. The van der Waals surface area contributed by atoms with E-state index in [1.54, 1.807) is 12.1 Å². The molecular weight excluding hydrogens is 922 g/mol. The number of amides is 2. The molecule has 286 valence electrons. The van der Waals surface area contributed by atoms with Gasteiger partial charge in [0.05, 0.1) is 39.7 Å². The molecule has 2 aliphatic rings. The lowest BCUT2D eigenvalue weighted by Crippen LogP contribution is -2.49. The summed E-state index contributed by atoms with van der Waals surface area (Å²) in [5.41, 5.74) is 0.413. The Labute approximate surface area is 335 Å². The van der Waals surface area contributed by atoms with Crippen molar-refractivity contribution < 1.29 is 38.9 Å². The number of methoxy groups -OCH3 is 1. The van der Waals surface area contributed by atoms with Crippen molar-refractivity contribution in [3.63, 3.8) is 0 Å². The van der Waals surface area contributed by atoms with E-state index in [1.807, 2.05) is 0 Å². The first-order chi connectivity index (χ1) is 24.4. The third kappa shape index (κ3) is 13.9. The van der Waals surface area contributed by atoms with E-state index in [0.29, 0.717) is 47.8 Å². The molecule has 0 radical (unpaired) electrons. The summed E-state index contributed by atoms with van der Waals surface area (Å²) >= 11 is 13.8. The van der Waals surface area contributed by atoms with Gasteiger partial charge in [-0.2, -0.15) is 0 Å². The van der Waals surface area contributed by atoms with Gasteiger partial charge in [-0.25, -0.2) is 0 Å². The molecule has 4 N–H and O–H groups in total. The predicted octanol–water partition coefficient (Wildman–Crippen LogP) is 8.55. The largest absolute Gasteiger partial charge is 0.495 e. The molecule has 3 rings (SSSR count). The third-order valence-electron chi connectivity index (χ3n) is 8.57. The van der Waals surface area contributed by atoms with E-state index < -0.39 is 23.9 Å². The van der Waals surface area contributed by atoms with E-state index in [0.717, 1.165) is 25.2 Å². The van der Waals surface area contributed by atoms with Gasteiger partial charge in [0, 0.05) is 24.0 Å². The fourth-order valence-corrected chi connectivity index (χ4v) is 8.61. The van der Waals surface area contributed by atoms with Crippen molar-refractivity contribution in [2.45, 2.75) is 115 Å². The maximum absolute atomic E-state index is 12.8. The highest BCUT2D eigenvalue weighted by Gasteiger charge is 2.54. The second-order valence-electron chi connectivity index (χ2n) is 13.2. The molecule has 1 aromatic carbocycles. The van der Waals surface area contributed by atoms with Crippen molar-refractivity contribution in [3.8, 4) is 5.75 Å². The Bertz CT molecular complexity index is 1380. The van der Waals surface area contributed by atoms with Crippen molar-refractivity contribution in [3.05, 3.63) is 47.6 Å². The summed E-state index contributed by atoms with van der Waals surface area (Å²) in [5.74, 6) is -0.465. The predicted molar refractivity (Wildman–Crippen MR) is 211 cm³/mol. The number of hydrogen-bond donors (Lipinski definition) is 4. The average Bonchev–Trinajstić information content (AvgIpc) is 3.33. The van der Waals surface area contributed by atoms with Crippen LogP contribution in [0.25, 0.3) is 0 Å². The van der Waals surface area contributed by atoms with Crippen molar-refractivity contribution in [2.75, 3.05) is 26.8 Å². The zero-order valence-corrected chi connectivity index (χ0v) is 35.9. The van der Waals surface area contributed by atoms with E-state index in [2.05, 4.69) is 93.4 Å². The minimum atomic E-state index is -1.62. The Kier molecular flexibility index (Phi) is 19.3. The number of benzene rings is 1. The van der Waals surface area contributed by atoms with Crippen molar-refractivity contribution in [1.82, 2.24) is 10.6 Å². The van der Waals surface area contributed by atoms with Crippen LogP contribution in [0.4, 0.5) is 0 Å². The molecule has 0 aliphatic carbocycles. The van der Waals surface area contributed by atoms with Crippen LogP contribution in [0.1, 0.15) is 109 Å². The van der Waals surface area contributed by atoms with Crippen LogP contribution in [0.3, 0.4) is 0 Å². The smallest absolute Gasteiger partial charge is 0.311 e. The standard InChI is InChI=1S/C36H51Br4N3O8/c1-23(2)14-11-9-7-5-4-6-8-10-12-15-30(45)42-21-29(44)24-18-25(37)33(26(38)19-24)49-17-13-16-41-35(47)31-34(46)36(51-43-31)20-27(39)32(48-3)28(40)22-50-36/h18-19,22-23,29,34,44,46H,4-17,20-21H2,1-3H3,(H,41,47)(H,42,45)/t29-,34-,36-/m0/s1. The highest BCUT2D eigenvalue weighted by Crippen LogP contribution is 2.41. The molecule has 0 saturated heterocycles. The number of hydrogen-bond acceptors (Lipinski definition) is 9. The number of halogens is 4. The number of ether oxygens (including phenoxy) is 3. The molecule has 1 spiro atoms. The van der Waals surface area contributed by atoms with Gasteiger partial charge in [-0.3, -0.25) is 9.59 Å². The average molecular weight is 973 g/mol. The van der Waals surface area contributed by atoms with Gasteiger partial charge in [0.25, 0.3) is 5.91 Å². The third-order valence-corrected chi connectivity index (χ3v) is 10.9. The first-order valence-corrected chi connectivity index (χ1v) is 20.8. The number of rotatable bonds is 22. The van der Waals surface area contributed by atoms with Crippen LogP contribution in [0, 0.1) is 5.92 Å². The van der Waals surface area contributed by atoms with Crippen LogP contribution >= 0.6 is 63.7 Å². The Morgan fingerprint density at radius 1 is 0.980 bits per heavy atom. The summed E-state index contributed by atoms with van der Waals surface area (Å²) in [5, 5.41) is 31.0. The molecule has 2 aliphatic heterocycles. The van der Waals surface area contributed by atoms with Gasteiger partial charge in [-0.1, -0.05) is 92.7 Å². The van der Waals surface area contributed by atoms with Gasteiger partial charge in [0.1, 0.15) is 17.8 Å². The minimum Gasteiger partial charge on any atom is -0.495 e. The second-order valence-corrected chi connectivity index (χ2v) is 16.7. The molecule has 0 bridgehead atoms. The van der Waals surface area contributed by atoms with E-state index >= 15 is 0 Å². The number of oxime groups is 1. The monoisotopic (exact) mass is 969 g/mol. The number of carbonyl (C=O) groups is 2. The van der Waals surface area contributed by atoms with Crippen LogP contribution in [0.5, 0.6) is 5.75 Å². The molecule has 11 nitrogen and oxygen atoms in total. The molecule has 2 heterocycles. The summed E-state index contributed by atoms with van der Waals surface area (Å²) in [4.78, 5) is 30.6. The molecule has 0 fully saturated rings. The molecular formula is C36H51Br4N3O8. The van der Waals surface area contributed by atoms with Crippen molar-refractivity contribution in [2.24, 2.45) is 11.1 Å². The zero-order valence-electron chi connectivity index (χ0n) is 29.6. The molecule has 15 heteroatoms. The maximum Gasteiger partial charge on any atom is 0.311 e. The van der Waals surface area contributed by atoms with Crippen molar-refractivity contribution >= 4 is 81.2 Å². The number of allylic oxidation sites excluding steroid dienone is 1. The van der Waals surface area contributed by atoms with Gasteiger partial charge in [0.15, 0.2) is 11.8 Å². The van der Waals surface area contributed by atoms with Crippen LogP contribution in [0.2, 0.25) is 0 Å². The lowest BCUT2D eigenvalue weighted by molar-refractivity contribution is -0.225. The highest BCUT2D eigenvalue weighted by atomic mass is 79.9. The maximum atomic E-state index is 12.8. The number of nitrogens with zero attached hydrogens (tertiary/aromatic N) is 1. The molecule has 2 amide bonds. The van der Waals surface area contributed by atoms with Crippen molar-refractivity contribution in [1.29, 1.82) is 0 Å². The van der Waals surface area contributed by atoms with E-state index in [4.69, 9.17) is 19.0 Å². The fraction of sp³-hybridized carbons (Fsp3) is 0.639. The molecule has 1 aromatic rings. The second kappa shape index (κ2) is 22.5. The van der Waals surface area contributed by atoms with Gasteiger partial charge in [-0.05, 0) is 84.2 Å². The Balaban J connectivity index is 1.31. The van der Waals surface area contributed by atoms with Crippen LogP contribution in [-0.4, -0.2) is 66.4 Å². The Hall–Kier alpha value is -1.65. The molecule has 51 heavy (non-hydrogen) atoms. The van der Waals surface area contributed by atoms with Crippen LogP contribution < -0.4 is 15.4 Å². The number of aliphatic hydroxyl groups excluding tert-OH is 2. The lowest BCUT2D eigenvalue weighted by Gasteiger charge is -2.27. The van der Waals surface area contributed by atoms with Gasteiger partial charge >= 0.3 is 5.79 Å². The number of nitrogens with one attached hydrogen (secondary N) is 2. The quantitative estimate of drug-likeness (QED) is 0.0846. The summed E-state index contributed by atoms with van der Waals surface area (Å²) in [6, 6.07) is 3.51. The van der Waals surface area contributed by atoms with Gasteiger partial charge in [-0.15, -0.1) is 0 Å². The lowest BCUT2D eigenvalue weighted by atomic mass is 10.0. The Morgan fingerprint density at radius 2 is 1.61 bits per heavy atom. The molecule has 0 aromatic heterocycles. The summed E-state index contributed by atoms with van der Waals surface area (Å²) in [6.45, 7) is 5.19. The molecule has 0 saturated carbocycles. The SMILES string of the molecule is COC1=C(Br)C[C@]2(OC=C1Br)ON=C(C(=O)NCCCOc1c(Br)cc([C@@H](O)CNC(=O)CCCCCCCCCCCC(C)C)cc1Br)[C@@H]2O. The van der Waals surface area contributed by atoms with Crippen LogP contribution in [0.15, 0.2) is 47.2 Å². The zero-order chi connectivity index (χ0) is 37.4. The summed E-state index contributed by atoms with van der Waals surface area (Å²) in [6.07, 6.45) is 12.1.